The molecule has 0 amide bonds. The van der Waals surface area contributed by atoms with Crippen molar-refractivity contribution in [3.05, 3.63) is 17.5 Å². The lowest BCUT2D eigenvalue weighted by Gasteiger charge is -2.16. The summed E-state index contributed by atoms with van der Waals surface area (Å²) in [5.41, 5.74) is 0. The van der Waals surface area contributed by atoms with Gasteiger partial charge in [-0.25, -0.2) is 0 Å². The van der Waals surface area contributed by atoms with Gasteiger partial charge in [-0.1, -0.05) is 26.3 Å². The van der Waals surface area contributed by atoms with Crippen LogP contribution in [0.15, 0.2) is 21.7 Å². The summed E-state index contributed by atoms with van der Waals surface area (Å²) < 4.78 is 13.0. The van der Waals surface area contributed by atoms with E-state index < -0.39 is 10.8 Å². The Labute approximate surface area is 105 Å². The van der Waals surface area contributed by atoms with Gasteiger partial charge in [0.05, 0.1) is 15.0 Å². The van der Waals surface area contributed by atoms with E-state index in [1.807, 2.05) is 17.5 Å². The molecule has 2 unspecified atom stereocenters. The molecule has 1 rings (SSSR count). The van der Waals surface area contributed by atoms with Gasteiger partial charge in [-0.2, -0.15) is 0 Å². The molecular formula is C12H21NOS2. The van der Waals surface area contributed by atoms with E-state index in [-0.39, 0.29) is 0 Å². The number of thiophene rings is 1. The summed E-state index contributed by atoms with van der Waals surface area (Å²) in [4.78, 5) is 0. The molecule has 0 fully saturated rings. The van der Waals surface area contributed by atoms with E-state index >= 15 is 0 Å². The molecule has 0 aliphatic rings. The second-order valence-electron chi connectivity index (χ2n) is 3.88. The molecule has 0 aromatic carbocycles. The normalized spacial score (nSPS) is 14.9. The Kier molecular flexibility index (Phi) is 6.92. The van der Waals surface area contributed by atoms with Gasteiger partial charge in [0.15, 0.2) is 0 Å². The summed E-state index contributed by atoms with van der Waals surface area (Å²) in [6.07, 6.45) is 3.38. The van der Waals surface area contributed by atoms with Crippen molar-refractivity contribution in [2.45, 2.75) is 43.4 Å². The van der Waals surface area contributed by atoms with E-state index in [4.69, 9.17) is 0 Å². The standard InChI is InChI=1S/C12H21NOS2/c1-3-6-11(13-8-4-2)10-16(14)12-7-5-9-15-12/h5,7,9,11,13H,3-4,6,8,10H2,1-2H3. The smallest absolute Gasteiger partial charge is 0.0911 e. The minimum absolute atomic E-state index is 0.396. The predicted octanol–water partition coefficient (Wildman–Crippen LogP) is 3.02. The average molecular weight is 259 g/mol. The lowest BCUT2D eigenvalue weighted by Crippen LogP contribution is -2.34. The maximum absolute atomic E-state index is 12.0. The highest BCUT2D eigenvalue weighted by molar-refractivity contribution is 7.87. The van der Waals surface area contributed by atoms with E-state index in [9.17, 15) is 4.21 Å². The fraction of sp³-hybridized carbons (Fsp3) is 0.667. The van der Waals surface area contributed by atoms with Crippen LogP contribution in [0.1, 0.15) is 33.1 Å². The van der Waals surface area contributed by atoms with Crippen LogP contribution in [0.4, 0.5) is 0 Å². The van der Waals surface area contributed by atoms with Crippen LogP contribution in [0.5, 0.6) is 0 Å². The monoisotopic (exact) mass is 259 g/mol. The van der Waals surface area contributed by atoms with E-state index in [0.29, 0.717) is 6.04 Å². The summed E-state index contributed by atoms with van der Waals surface area (Å²) >= 11 is 1.59. The van der Waals surface area contributed by atoms with Crippen LogP contribution in [0, 0.1) is 0 Å². The van der Waals surface area contributed by atoms with Crippen LogP contribution in [-0.2, 0) is 10.8 Å². The molecule has 1 heterocycles. The Balaban J connectivity index is 2.44. The van der Waals surface area contributed by atoms with Crippen molar-refractivity contribution >= 4 is 22.1 Å². The zero-order chi connectivity index (χ0) is 11.8. The quantitative estimate of drug-likeness (QED) is 0.777. The minimum atomic E-state index is -0.831. The first-order chi connectivity index (χ1) is 7.77. The van der Waals surface area contributed by atoms with Gasteiger partial charge >= 0.3 is 0 Å². The molecular weight excluding hydrogens is 238 g/mol. The molecule has 0 aliphatic heterocycles. The van der Waals surface area contributed by atoms with Crippen LogP contribution in [-0.4, -0.2) is 22.5 Å². The SMILES string of the molecule is CCCNC(CCC)CS(=O)c1cccs1. The molecule has 1 aromatic heterocycles. The fourth-order valence-electron chi connectivity index (χ4n) is 1.60. The molecule has 16 heavy (non-hydrogen) atoms. The van der Waals surface area contributed by atoms with Crippen LogP contribution in [0.3, 0.4) is 0 Å². The first kappa shape index (κ1) is 13.9. The van der Waals surface area contributed by atoms with Gasteiger partial charge in [0, 0.05) is 11.8 Å². The number of hydrogen-bond donors (Lipinski definition) is 1. The van der Waals surface area contributed by atoms with Crippen LogP contribution >= 0.6 is 11.3 Å². The van der Waals surface area contributed by atoms with Gasteiger partial charge in [-0.3, -0.25) is 4.21 Å². The Hall–Kier alpha value is -0.190. The number of hydrogen-bond acceptors (Lipinski definition) is 3. The number of nitrogens with one attached hydrogen (secondary N) is 1. The van der Waals surface area contributed by atoms with E-state index in [1.54, 1.807) is 11.3 Å². The van der Waals surface area contributed by atoms with Gasteiger partial charge in [-0.15, -0.1) is 11.3 Å². The van der Waals surface area contributed by atoms with Crippen LogP contribution in [0.2, 0.25) is 0 Å². The van der Waals surface area contributed by atoms with Crippen molar-refractivity contribution in [2.24, 2.45) is 0 Å². The van der Waals surface area contributed by atoms with Crippen molar-refractivity contribution in [3.8, 4) is 0 Å². The first-order valence-corrected chi connectivity index (χ1v) is 8.13. The highest BCUT2D eigenvalue weighted by Crippen LogP contribution is 2.15. The zero-order valence-corrected chi connectivity index (χ0v) is 11.7. The zero-order valence-electron chi connectivity index (χ0n) is 10.1. The van der Waals surface area contributed by atoms with Gasteiger partial charge in [0.25, 0.3) is 0 Å². The molecule has 0 radical (unpaired) electrons. The summed E-state index contributed by atoms with van der Waals surface area (Å²) in [7, 11) is -0.831. The Morgan fingerprint density at radius 3 is 2.81 bits per heavy atom. The van der Waals surface area contributed by atoms with Crippen molar-refractivity contribution in [1.29, 1.82) is 0 Å². The number of rotatable bonds is 8. The predicted molar refractivity (Wildman–Crippen MR) is 72.6 cm³/mol. The van der Waals surface area contributed by atoms with Gasteiger partial charge in [0.1, 0.15) is 0 Å². The lowest BCUT2D eigenvalue weighted by atomic mass is 10.2. The van der Waals surface area contributed by atoms with Crippen LogP contribution < -0.4 is 5.32 Å². The van der Waals surface area contributed by atoms with Gasteiger partial charge in [-0.05, 0) is 30.8 Å². The van der Waals surface area contributed by atoms with E-state index in [1.165, 1.54) is 0 Å². The summed E-state index contributed by atoms with van der Waals surface area (Å²) in [5.74, 6) is 0.744. The summed E-state index contributed by atoms with van der Waals surface area (Å²) in [5, 5.41) is 5.46. The van der Waals surface area contributed by atoms with Gasteiger partial charge < -0.3 is 5.32 Å². The lowest BCUT2D eigenvalue weighted by molar-refractivity contribution is 0.510. The van der Waals surface area contributed by atoms with Crippen molar-refractivity contribution in [1.82, 2.24) is 5.32 Å². The Morgan fingerprint density at radius 1 is 1.44 bits per heavy atom. The third-order valence-electron chi connectivity index (χ3n) is 2.39. The molecule has 0 bridgehead atoms. The highest BCUT2D eigenvalue weighted by Gasteiger charge is 2.13. The Morgan fingerprint density at radius 2 is 2.25 bits per heavy atom. The maximum atomic E-state index is 12.0. The van der Waals surface area contributed by atoms with E-state index in [2.05, 4.69) is 19.2 Å². The molecule has 92 valence electrons. The second kappa shape index (κ2) is 7.98. The molecule has 0 saturated heterocycles. The summed E-state index contributed by atoms with van der Waals surface area (Å²) in [6.45, 7) is 5.35. The highest BCUT2D eigenvalue weighted by atomic mass is 32.2. The van der Waals surface area contributed by atoms with Gasteiger partial charge in [0.2, 0.25) is 0 Å². The third kappa shape index (κ3) is 4.76. The third-order valence-corrected chi connectivity index (χ3v) is 5.19. The molecule has 2 atom stereocenters. The maximum Gasteiger partial charge on any atom is 0.0911 e. The van der Waals surface area contributed by atoms with Crippen molar-refractivity contribution in [3.63, 3.8) is 0 Å². The Bertz CT molecular complexity index is 298. The summed E-state index contributed by atoms with van der Waals surface area (Å²) in [6, 6.07) is 4.32. The van der Waals surface area contributed by atoms with E-state index in [0.717, 1.165) is 35.8 Å². The van der Waals surface area contributed by atoms with Crippen molar-refractivity contribution in [2.75, 3.05) is 12.3 Å². The molecule has 1 aromatic rings. The largest absolute Gasteiger partial charge is 0.313 e. The topological polar surface area (TPSA) is 29.1 Å². The molecule has 2 nitrogen and oxygen atoms in total. The second-order valence-corrected chi connectivity index (χ2v) is 6.55. The molecule has 4 heteroatoms. The van der Waals surface area contributed by atoms with Crippen molar-refractivity contribution < 1.29 is 4.21 Å². The molecule has 1 N–H and O–H groups in total. The molecule has 0 aliphatic carbocycles. The average Bonchev–Trinajstić information content (AvgIpc) is 2.79. The fourth-order valence-corrected chi connectivity index (χ4v) is 3.89. The van der Waals surface area contributed by atoms with Crippen LogP contribution in [0.25, 0.3) is 0 Å². The minimum Gasteiger partial charge on any atom is -0.313 e. The first-order valence-electron chi connectivity index (χ1n) is 5.93. The molecule has 0 saturated carbocycles. The molecule has 0 spiro atoms.